The second kappa shape index (κ2) is 9.58. The standard InChI is InChI=1S/C25H23N3O5S/c1-27(17-18-6-3-2-4-7-18)34(32,33)22-12-10-20(11-13-22)26-25(31)19-8-5-9-21(16-19)28-23(29)14-15-24(28)30/h2-13,16H,14-15,17H2,1H3,(H,26,31). The van der Waals surface area contributed by atoms with E-state index in [9.17, 15) is 22.8 Å². The molecule has 1 heterocycles. The first-order valence-corrected chi connectivity index (χ1v) is 12.1. The third-order valence-electron chi connectivity index (χ3n) is 5.49. The third kappa shape index (κ3) is 4.90. The van der Waals surface area contributed by atoms with Gasteiger partial charge in [-0.2, -0.15) is 4.31 Å². The van der Waals surface area contributed by atoms with Crippen LogP contribution in [0.3, 0.4) is 0 Å². The number of nitrogens with zero attached hydrogens (tertiary/aromatic N) is 2. The minimum Gasteiger partial charge on any atom is -0.322 e. The molecule has 0 saturated carbocycles. The van der Waals surface area contributed by atoms with Gasteiger partial charge in [-0.15, -0.1) is 0 Å². The van der Waals surface area contributed by atoms with E-state index >= 15 is 0 Å². The molecule has 0 aliphatic carbocycles. The van der Waals surface area contributed by atoms with Gasteiger partial charge in [0.15, 0.2) is 0 Å². The Labute approximate surface area is 197 Å². The maximum absolute atomic E-state index is 12.9. The first-order valence-electron chi connectivity index (χ1n) is 10.6. The van der Waals surface area contributed by atoms with Gasteiger partial charge >= 0.3 is 0 Å². The normalized spacial score (nSPS) is 14.0. The molecule has 1 aliphatic rings. The number of benzene rings is 3. The molecule has 3 aromatic carbocycles. The fraction of sp³-hybridized carbons (Fsp3) is 0.160. The number of anilines is 2. The van der Waals surface area contributed by atoms with Crippen LogP contribution in [0.15, 0.2) is 83.8 Å². The van der Waals surface area contributed by atoms with E-state index in [1.54, 1.807) is 18.2 Å². The molecule has 34 heavy (non-hydrogen) atoms. The summed E-state index contributed by atoms with van der Waals surface area (Å²) >= 11 is 0. The molecular weight excluding hydrogens is 454 g/mol. The van der Waals surface area contributed by atoms with Crippen molar-refractivity contribution >= 4 is 39.1 Å². The lowest BCUT2D eigenvalue weighted by molar-refractivity contribution is -0.121. The Kier molecular flexibility index (Phi) is 6.58. The molecule has 1 N–H and O–H groups in total. The van der Waals surface area contributed by atoms with Crippen LogP contribution in [0.1, 0.15) is 28.8 Å². The smallest absolute Gasteiger partial charge is 0.255 e. The molecule has 174 valence electrons. The Morgan fingerprint density at radius 1 is 0.912 bits per heavy atom. The Morgan fingerprint density at radius 3 is 2.21 bits per heavy atom. The Balaban J connectivity index is 1.45. The quantitative estimate of drug-likeness (QED) is 0.525. The Bertz CT molecular complexity index is 1320. The van der Waals surface area contributed by atoms with E-state index in [4.69, 9.17) is 0 Å². The van der Waals surface area contributed by atoms with Crippen LogP contribution in [0, 0.1) is 0 Å². The van der Waals surface area contributed by atoms with Crippen molar-refractivity contribution < 1.29 is 22.8 Å². The molecule has 1 aliphatic heterocycles. The molecule has 8 nitrogen and oxygen atoms in total. The number of rotatable bonds is 7. The van der Waals surface area contributed by atoms with Gasteiger partial charge in [0.2, 0.25) is 21.8 Å². The van der Waals surface area contributed by atoms with E-state index in [0.29, 0.717) is 11.4 Å². The van der Waals surface area contributed by atoms with Crippen LogP contribution in [-0.4, -0.2) is 37.5 Å². The summed E-state index contributed by atoms with van der Waals surface area (Å²) in [5.74, 6) is -1.04. The largest absolute Gasteiger partial charge is 0.322 e. The predicted octanol–water partition coefficient (Wildman–Crippen LogP) is 3.41. The third-order valence-corrected chi connectivity index (χ3v) is 7.30. The average Bonchev–Trinajstić information content (AvgIpc) is 3.18. The van der Waals surface area contributed by atoms with Crippen molar-refractivity contribution in [3.63, 3.8) is 0 Å². The summed E-state index contributed by atoms with van der Waals surface area (Å²) in [6.07, 6.45) is 0.316. The maximum atomic E-state index is 12.9. The summed E-state index contributed by atoms with van der Waals surface area (Å²) in [6, 6.07) is 21.4. The van der Waals surface area contributed by atoms with Gasteiger partial charge in [-0.25, -0.2) is 8.42 Å². The molecule has 0 radical (unpaired) electrons. The average molecular weight is 478 g/mol. The van der Waals surface area contributed by atoms with Gasteiger partial charge in [0.05, 0.1) is 10.6 Å². The van der Waals surface area contributed by atoms with Crippen LogP contribution >= 0.6 is 0 Å². The highest BCUT2D eigenvalue weighted by atomic mass is 32.2. The zero-order valence-corrected chi connectivity index (χ0v) is 19.3. The van der Waals surface area contributed by atoms with Gasteiger partial charge in [0.1, 0.15) is 0 Å². The molecular formula is C25H23N3O5S. The van der Waals surface area contributed by atoms with Crippen molar-refractivity contribution in [3.8, 4) is 0 Å². The summed E-state index contributed by atoms with van der Waals surface area (Å²) < 4.78 is 27.0. The van der Waals surface area contributed by atoms with Crippen LogP contribution in [0.5, 0.6) is 0 Å². The SMILES string of the molecule is CN(Cc1ccccc1)S(=O)(=O)c1ccc(NC(=O)c2cccc(N3C(=O)CCC3=O)c2)cc1. The van der Waals surface area contributed by atoms with Crippen LogP contribution in [0.2, 0.25) is 0 Å². The molecule has 0 atom stereocenters. The van der Waals surface area contributed by atoms with Crippen molar-refractivity contribution in [2.24, 2.45) is 0 Å². The molecule has 0 bridgehead atoms. The van der Waals surface area contributed by atoms with Gasteiger partial charge < -0.3 is 5.32 Å². The van der Waals surface area contributed by atoms with Crippen LogP contribution in [-0.2, 0) is 26.2 Å². The lowest BCUT2D eigenvalue weighted by Crippen LogP contribution is -2.28. The summed E-state index contributed by atoms with van der Waals surface area (Å²) in [6.45, 7) is 0.236. The van der Waals surface area contributed by atoms with Crippen LogP contribution in [0.4, 0.5) is 11.4 Å². The number of hydrogen-bond donors (Lipinski definition) is 1. The zero-order valence-electron chi connectivity index (χ0n) is 18.5. The molecule has 3 aromatic rings. The minimum absolute atomic E-state index is 0.108. The first-order chi connectivity index (χ1) is 16.3. The second-order valence-corrected chi connectivity index (χ2v) is 9.94. The van der Waals surface area contributed by atoms with Crippen molar-refractivity contribution in [1.82, 2.24) is 4.31 Å². The van der Waals surface area contributed by atoms with Crippen molar-refractivity contribution in [1.29, 1.82) is 0 Å². The molecule has 1 fully saturated rings. The fourth-order valence-corrected chi connectivity index (χ4v) is 4.83. The summed E-state index contributed by atoms with van der Waals surface area (Å²) in [7, 11) is -2.19. The molecule has 0 aromatic heterocycles. The second-order valence-electron chi connectivity index (χ2n) is 7.90. The monoisotopic (exact) mass is 477 g/mol. The lowest BCUT2D eigenvalue weighted by Gasteiger charge is -2.17. The number of amides is 3. The van der Waals surface area contributed by atoms with E-state index in [-0.39, 0.29) is 41.7 Å². The highest BCUT2D eigenvalue weighted by Crippen LogP contribution is 2.24. The van der Waals surface area contributed by atoms with Crippen molar-refractivity contribution in [2.75, 3.05) is 17.3 Å². The van der Waals surface area contributed by atoms with Gasteiger partial charge in [-0.1, -0.05) is 36.4 Å². The molecule has 9 heteroatoms. The number of carbonyl (C=O) groups excluding carboxylic acids is 3. The first kappa shape index (κ1) is 23.3. The molecule has 1 saturated heterocycles. The predicted molar refractivity (Wildman–Crippen MR) is 128 cm³/mol. The minimum atomic E-state index is -3.71. The Hall–Kier alpha value is -3.82. The topological polar surface area (TPSA) is 104 Å². The molecule has 4 rings (SSSR count). The fourth-order valence-electron chi connectivity index (χ4n) is 3.67. The number of hydrogen-bond acceptors (Lipinski definition) is 5. The van der Waals surface area contributed by atoms with Gasteiger partial charge in [-0.3, -0.25) is 19.3 Å². The summed E-state index contributed by atoms with van der Waals surface area (Å²) in [5, 5.41) is 2.71. The maximum Gasteiger partial charge on any atom is 0.255 e. The highest BCUT2D eigenvalue weighted by molar-refractivity contribution is 7.89. The number of sulfonamides is 1. The number of imide groups is 1. The highest BCUT2D eigenvalue weighted by Gasteiger charge is 2.30. The van der Waals surface area contributed by atoms with E-state index in [1.165, 1.54) is 41.7 Å². The molecule has 0 spiro atoms. The summed E-state index contributed by atoms with van der Waals surface area (Å²) in [4.78, 5) is 37.9. The van der Waals surface area contributed by atoms with E-state index < -0.39 is 15.9 Å². The van der Waals surface area contributed by atoms with Crippen LogP contribution in [0.25, 0.3) is 0 Å². The van der Waals surface area contributed by atoms with Gasteiger partial charge in [-0.05, 0) is 48.0 Å². The number of carbonyl (C=O) groups is 3. The Morgan fingerprint density at radius 2 is 1.56 bits per heavy atom. The molecule has 3 amide bonds. The van der Waals surface area contributed by atoms with Gasteiger partial charge in [0.25, 0.3) is 5.91 Å². The van der Waals surface area contributed by atoms with E-state index in [1.807, 2.05) is 30.3 Å². The van der Waals surface area contributed by atoms with Crippen molar-refractivity contribution in [3.05, 3.63) is 90.0 Å². The zero-order chi connectivity index (χ0) is 24.3. The van der Waals surface area contributed by atoms with Crippen molar-refractivity contribution in [2.45, 2.75) is 24.3 Å². The van der Waals surface area contributed by atoms with E-state index in [2.05, 4.69) is 5.32 Å². The van der Waals surface area contributed by atoms with Crippen LogP contribution < -0.4 is 10.2 Å². The molecule has 0 unspecified atom stereocenters. The van der Waals surface area contributed by atoms with E-state index in [0.717, 1.165) is 10.5 Å². The van der Waals surface area contributed by atoms with Gasteiger partial charge in [0, 0.05) is 37.7 Å². The summed E-state index contributed by atoms with van der Waals surface area (Å²) in [5.41, 5.74) is 1.90. The number of nitrogens with one attached hydrogen (secondary N) is 1. The lowest BCUT2D eigenvalue weighted by atomic mass is 10.1.